The Labute approximate surface area is 130 Å². The van der Waals surface area contributed by atoms with Crippen molar-refractivity contribution in [3.63, 3.8) is 0 Å². The summed E-state index contributed by atoms with van der Waals surface area (Å²) in [6.45, 7) is 4.99. The van der Waals surface area contributed by atoms with E-state index in [2.05, 4.69) is 17.6 Å². The number of benzene rings is 1. The van der Waals surface area contributed by atoms with Crippen molar-refractivity contribution in [1.82, 2.24) is 10.6 Å². The Morgan fingerprint density at radius 2 is 2.05 bits per heavy atom. The Kier molecular flexibility index (Phi) is 5.30. The van der Waals surface area contributed by atoms with E-state index in [-0.39, 0.29) is 11.3 Å². The number of rotatable bonds is 4. The van der Waals surface area contributed by atoms with Gasteiger partial charge in [-0.1, -0.05) is 36.2 Å². The van der Waals surface area contributed by atoms with Crippen LogP contribution in [0.5, 0.6) is 0 Å². The van der Waals surface area contributed by atoms with E-state index in [4.69, 9.17) is 23.2 Å². The average Bonchev–Trinajstić information content (AvgIpc) is 2.41. The van der Waals surface area contributed by atoms with E-state index in [1.807, 2.05) is 0 Å². The van der Waals surface area contributed by atoms with Gasteiger partial charge in [-0.05, 0) is 49.0 Å². The van der Waals surface area contributed by atoms with Crippen molar-refractivity contribution in [3.05, 3.63) is 33.8 Å². The van der Waals surface area contributed by atoms with Crippen LogP contribution in [0.1, 0.15) is 25.3 Å². The van der Waals surface area contributed by atoms with Crippen LogP contribution in [0.25, 0.3) is 0 Å². The number of hydrogen-bond donors (Lipinski definition) is 2. The van der Waals surface area contributed by atoms with Gasteiger partial charge in [-0.2, -0.15) is 0 Å². The van der Waals surface area contributed by atoms with Gasteiger partial charge in [0.1, 0.15) is 0 Å². The first-order valence-electron chi connectivity index (χ1n) is 6.90. The lowest BCUT2D eigenvalue weighted by atomic mass is 9.81. The second kappa shape index (κ2) is 6.79. The van der Waals surface area contributed by atoms with Crippen molar-refractivity contribution in [2.24, 2.45) is 5.41 Å². The molecule has 1 fully saturated rings. The standard InChI is InChI=1S/C15H20Cl2N2O/c1-15(4-6-18-7-5-15)10-19-14(20)8-11-2-3-12(16)9-13(11)17/h2-3,9,18H,4-8,10H2,1H3,(H,19,20). The molecule has 0 unspecified atom stereocenters. The summed E-state index contributed by atoms with van der Waals surface area (Å²) in [5, 5.41) is 7.49. The first-order valence-corrected chi connectivity index (χ1v) is 7.65. The van der Waals surface area contributed by atoms with E-state index in [1.165, 1.54) is 0 Å². The van der Waals surface area contributed by atoms with Crippen molar-refractivity contribution in [1.29, 1.82) is 0 Å². The molecule has 1 aromatic rings. The van der Waals surface area contributed by atoms with Crippen LogP contribution < -0.4 is 10.6 Å². The predicted octanol–water partition coefficient (Wildman–Crippen LogP) is 3.04. The van der Waals surface area contributed by atoms with Crippen LogP contribution in [0, 0.1) is 5.41 Å². The molecule has 0 bridgehead atoms. The highest BCUT2D eigenvalue weighted by atomic mass is 35.5. The lowest BCUT2D eigenvalue weighted by Crippen LogP contribution is -2.43. The second-order valence-corrected chi connectivity index (χ2v) is 6.59. The van der Waals surface area contributed by atoms with Crippen LogP contribution in [0.3, 0.4) is 0 Å². The van der Waals surface area contributed by atoms with Crippen molar-refractivity contribution in [3.8, 4) is 0 Å². The van der Waals surface area contributed by atoms with Gasteiger partial charge in [-0.3, -0.25) is 4.79 Å². The molecule has 0 aromatic heterocycles. The molecule has 1 saturated heterocycles. The fraction of sp³-hybridized carbons (Fsp3) is 0.533. The van der Waals surface area contributed by atoms with E-state index in [0.29, 0.717) is 16.5 Å². The molecule has 1 amide bonds. The normalized spacial score (nSPS) is 17.8. The van der Waals surface area contributed by atoms with Gasteiger partial charge >= 0.3 is 0 Å². The smallest absolute Gasteiger partial charge is 0.224 e. The first-order chi connectivity index (χ1) is 9.48. The number of hydrogen-bond acceptors (Lipinski definition) is 2. The Bertz CT molecular complexity index is 485. The summed E-state index contributed by atoms with van der Waals surface area (Å²) >= 11 is 11.9. The lowest BCUT2D eigenvalue weighted by Gasteiger charge is -2.34. The van der Waals surface area contributed by atoms with Gasteiger partial charge in [0.05, 0.1) is 6.42 Å². The quantitative estimate of drug-likeness (QED) is 0.897. The van der Waals surface area contributed by atoms with Gasteiger partial charge in [0.15, 0.2) is 0 Å². The number of carbonyl (C=O) groups excluding carboxylic acids is 1. The van der Waals surface area contributed by atoms with Gasteiger partial charge in [0.2, 0.25) is 5.91 Å². The highest BCUT2D eigenvalue weighted by molar-refractivity contribution is 6.35. The number of carbonyl (C=O) groups is 1. The van der Waals surface area contributed by atoms with Gasteiger partial charge in [-0.25, -0.2) is 0 Å². The molecule has 0 atom stereocenters. The molecule has 2 rings (SSSR count). The molecule has 5 heteroatoms. The summed E-state index contributed by atoms with van der Waals surface area (Å²) in [5.74, 6) is 0.00831. The van der Waals surface area contributed by atoms with E-state index in [9.17, 15) is 4.79 Å². The minimum atomic E-state index is 0.00831. The molecule has 20 heavy (non-hydrogen) atoms. The molecule has 0 spiro atoms. The third-order valence-corrected chi connectivity index (χ3v) is 4.48. The molecule has 110 valence electrons. The topological polar surface area (TPSA) is 41.1 Å². The number of halogens is 2. The summed E-state index contributed by atoms with van der Waals surface area (Å²) in [5.41, 5.74) is 1.01. The van der Waals surface area contributed by atoms with Crippen LogP contribution in [-0.4, -0.2) is 25.5 Å². The van der Waals surface area contributed by atoms with Crippen LogP contribution in [0.2, 0.25) is 10.0 Å². The van der Waals surface area contributed by atoms with Crippen molar-refractivity contribution in [2.45, 2.75) is 26.2 Å². The molecule has 1 heterocycles. The number of piperidine rings is 1. The Balaban J connectivity index is 1.86. The maximum absolute atomic E-state index is 12.0. The summed E-state index contributed by atoms with van der Waals surface area (Å²) in [7, 11) is 0. The summed E-state index contributed by atoms with van der Waals surface area (Å²) in [6.07, 6.45) is 2.48. The van der Waals surface area contributed by atoms with Crippen LogP contribution in [0.15, 0.2) is 18.2 Å². The van der Waals surface area contributed by atoms with Crippen molar-refractivity contribution in [2.75, 3.05) is 19.6 Å². The van der Waals surface area contributed by atoms with Crippen molar-refractivity contribution >= 4 is 29.1 Å². The van der Waals surface area contributed by atoms with Gasteiger partial charge in [0.25, 0.3) is 0 Å². The highest BCUT2D eigenvalue weighted by Gasteiger charge is 2.26. The number of nitrogens with one attached hydrogen (secondary N) is 2. The molecule has 3 nitrogen and oxygen atoms in total. The minimum absolute atomic E-state index is 0.00831. The highest BCUT2D eigenvalue weighted by Crippen LogP contribution is 2.27. The molecular formula is C15H20Cl2N2O. The van der Waals surface area contributed by atoms with Gasteiger partial charge < -0.3 is 10.6 Å². The van der Waals surface area contributed by atoms with Crippen LogP contribution in [-0.2, 0) is 11.2 Å². The Morgan fingerprint density at radius 3 is 2.70 bits per heavy atom. The fourth-order valence-corrected chi connectivity index (χ4v) is 2.89. The monoisotopic (exact) mass is 314 g/mol. The van der Waals surface area contributed by atoms with E-state index >= 15 is 0 Å². The van der Waals surface area contributed by atoms with E-state index < -0.39 is 0 Å². The van der Waals surface area contributed by atoms with Crippen LogP contribution in [0.4, 0.5) is 0 Å². The molecule has 1 aliphatic heterocycles. The van der Waals surface area contributed by atoms with Crippen molar-refractivity contribution < 1.29 is 4.79 Å². The molecule has 2 N–H and O–H groups in total. The van der Waals surface area contributed by atoms with Crippen LogP contribution >= 0.6 is 23.2 Å². The fourth-order valence-electron chi connectivity index (χ4n) is 2.42. The van der Waals surface area contributed by atoms with E-state index in [1.54, 1.807) is 18.2 Å². The van der Waals surface area contributed by atoms with Gasteiger partial charge in [-0.15, -0.1) is 0 Å². The maximum Gasteiger partial charge on any atom is 0.224 e. The first kappa shape index (κ1) is 15.6. The lowest BCUT2D eigenvalue weighted by molar-refractivity contribution is -0.121. The summed E-state index contributed by atoms with van der Waals surface area (Å²) in [6, 6.07) is 5.22. The zero-order valence-electron chi connectivity index (χ0n) is 11.6. The maximum atomic E-state index is 12.0. The van der Waals surface area contributed by atoms with E-state index in [0.717, 1.165) is 38.0 Å². The Morgan fingerprint density at radius 1 is 1.35 bits per heavy atom. The molecule has 1 aliphatic rings. The molecule has 0 saturated carbocycles. The number of amides is 1. The molecular weight excluding hydrogens is 295 g/mol. The van der Waals surface area contributed by atoms with Gasteiger partial charge in [0, 0.05) is 16.6 Å². The minimum Gasteiger partial charge on any atom is -0.355 e. The second-order valence-electron chi connectivity index (χ2n) is 5.75. The zero-order chi connectivity index (χ0) is 14.6. The Hall–Kier alpha value is -0.770. The SMILES string of the molecule is CC1(CNC(=O)Cc2ccc(Cl)cc2Cl)CCNCC1. The average molecular weight is 315 g/mol. The predicted molar refractivity (Wildman–Crippen MR) is 83.4 cm³/mol. The molecule has 0 radical (unpaired) electrons. The third-order valence-electron chi connectivity index (χ3n) is 3.89. The summed E-state index contributed by atoms with van der Waals surface area (Å²) < 4.78 is 0. The largest absolute Gasteiger partial charge is 0.355 e. The summed E-state index contributed by atoms with van der Waals surface area (Å²) in [4.78, 5) is 12.0. The molecule has 1 aromatic carbocycles. The molecule has 0 aliphatic carbocycles. The zero-order valence-corrected chi connectivity index (χ0v) is 13.2. The third kappa shape index (κ3) is 4.37.